The van der Waals surface area contributed by atoms with Crippen molar-refractivity contribution in [3.63, 3.8) is 0 Å². The summed E-state index contributed by atoms with van der Waals surface area (Å²) in [5, 5.41) is 0. The Morgan fingerprint density at radius 2 is 1.88 bits per heavy atom. The third kappa shape index (κ3) is 2.80. The molecule has 4 heteroatoms. The van der Waals surface area contributed by atoms with Crippen LogP contribution in [0, 0.1) is 5.92 Å². The summed E-state index contributed by atoms with van der Waals surface area (Å²) in [5.41, 5.74) is 0.669. The maximum Gasteiger partial charge on any atom is 0.164 e. The fourth-order valence-electron chi connectivity index (χ4n) is 1.76. The standard InChI is InChI=1S/C13H15BrO3/c1-8(2)5-11(15)9-6-12-13(7-10(9)14)17-4-3-16-12/h6-8H,3-5H2,1-2H3. The van der Waals surface area contributed by atoms with Gasteiger partial charge in [0.05, 0.1) is 0 Å². The average Bonchev–Trinajstić information content (AvgIpc) is 2.27. The number of ether oxygens (including phenoxy) is 2. The Bertz CT molecular complexity index is 441. The van der Waals surface area contributed by atoms with E-state index in [0.717, 1.165) is 4.47 Å². The van der Waals surface area contributed by atoms with E-state index in [1.54, 1.807) is 6.07 Å². The van der Waals surface area contributed by atoms with Gasteiger partial charge in [-0.1, -0.05) is 13.8 Å². The molecule has 0 atom stereocenters. The molecule has 92 valence electrons. The van der Waals surface area contributed by atoms with Gasteiger partial charge < -0.3 is 9.47 Å². The van der Waals surface area contributed by atoms with Gasteiger partial charge in [0.15, 0.2) is 17.3 Å². The highest BCUT2D eigenvalue weighted by atomic mass is 79.9. The zero-order valence-electron chi connectivity index (χ0n) is 9.96. The number of ketones is 1. The normalized spacial score (nSPS) is 13.9. The molecule has 1 aliphatic heterocycles. The van der Waals surface area contributed by atoms with Crippen LogP contribution in [0.25, 0.3) is 0 Å². The van der Waals surface area contributed by atoms with Crippen molar-refractivity contribution in [2.24, 2.45) is 5.92 Å². The van der Waals surface area contributed by atoms with Gasteiger partial charge >= 0.3 is 0 Å². The molecule has 0 saturated carbocycles. The van der Waals surface area contributed by atoms with Crippen LogP contribution in [0.2, 0.25) is 0 Å². The molecule has 1 aromatic rings. The van der Waals surface area contributed by atoms with E-state index in [4.69, 9.17) is 9.47 Å². The lowest BCUT2D eigenvalue weighted by atomic mass is 10.0. The summed E-state index contributed by atoms with van der Waals surface area (Å²) in [6.45, 7) is 5.15. The molecule has 0 fully saturated rings. The Morgan fingerprint density at radius 1 is 1.29 bits per heavy atom. The molecule has 0 bridgehead atoms. The first-order chi connectivity index (χ1) is 8.08. The van der Waals surface area contributed by atoms with E-state index in [9.17, 15) is 4.79 Å². The van der Waals surface area contributed by atoms with Crippen LogP contribution >= 0.6 is 15.9 Å². The molecule has 0 N–H and O–H groups in total. The first-order valence-corrected chi connectivity index (χ1v) is 6.49. The molecule has 0 aromatic heterocycles. The summed E-state index contributed by atoms with van der Waals surface area (Å²) in [5.74, 6) is 1.84. The van der Waals surface area contributed by atoms with Crippen LogP contribution in [0.1, 0.15) is 30.6 Å². The Balaban J connectivity index is 2.31. The molecule has 1 aliphatic rings. The van der Waals surface area contributed by atoms with Crippen LogP contribution in [-0.2, 0) is 0 Å². The fraction of sp³-hybridized carbons (Fsp3) is 0.462. The second-order valence-electron chi connectivity index (χ2n) is 4.50. The second kappa shape index (κ2) is 5.08. The molecule has 2 rings (SSSR count). The van der Waals surface area contributed by atoms with Gasteiger partial charge in [-0.2, -0.15) is 0 Å². The highest BCUT2D eigenvalue weighted by molar-refractivity contribution is 9.10. The quantitative estimate of drug-likeness (QED) is 0.802. The first kappa shape index (κ1) is 12.4. The highest BCUT2D eigenvalue weighted by Crippen LogP contribution is 2.36. The molecule has 0 radical (unpaired) electrons. The molecule has 17 heavy (non-hydrogen) atoms. The van der Waals surface area contributed by atoms with E-state index < -0.39 is 0 Å². The molecule has 0 spiro atoms. The van der Waals surface area contributed by atoms with Gasteiger partial charge in [0, 0.05) is 16.5 Å². The third-order valence-corrected chi connectivity index (χ3v) is 3.18. The Morgan fingerprint density at radius 3 is 2.47 bits per heavy atom. The van der Waals surface area contributed by atoms with E-state index in [2.05, 4.69) is 15.9 Å². The fourth-order valence-corrected chi connectivity index (χ4v) is 2.30. The van der Waals surface area contributed by atoms with Crippen molar-refractivity contribution in [3.8, 4) is 11.5 Å². The number of benzene rings is 1. The SMILES string of the molecule is CC(C)CC(=O)c1cc2c(cc1Br)OCCO2. The van der Waals surface area contributed by atoms with Crippen LogP contribution in [0.5, 0.6) is 11.5 Å². The second-order valence-corrected chi connectivity index (χ2v) is 5.35. The topological polar surface area (TPSA) is 35.5 Å². The zero-order valence-corrected chi connectivity index (χ0v) is 11.5. The van der Waals surface area contributed by atoms with Crippen molar-refractivity contribution in [3.05, 3.63) is 22.2 Å². The van der Waals surface area contributed by atoms with Gasteiger partial charge in [0.1, 0.15) is 13.2 Å². The summed E-state index contributed by atoms with van der Waals surface area (Å²) < 4.78 is 11.7. The summed E-state index contributed by atoms with van der Waals surface area (Å²) >= 11 is 3.41. The predicted molar refractivity (Wildman–Crippen MR) is 68.9 cm³/mol. The summed E-state index contributed by atoms with van der Waals surface area (Å²) in [6.07, 6.45) is 0.540. The van der Waals surface area contributed by atoms with Crippen LogP contribution < -0.4 is 9.47 Å². The molecule has 0 amide bonds. The molecule has 1 aromatic carbocycles. The number of Topliss-reactive ketones (excluding diaryl/α,β-unsaturated/α-hetero) is 1. The molecular formula is C13H15BrO3. The lowest BCUT2D eigenvalue weighted by Crippen LogP contribution is -2.16. The van der Waals surface area contributed by atoms with E-state index in [-0.39, 0.29) is 5.78 Å². The Labute approximate surface area is 109 Å². The maximum absolute atomic E-state index is 12.0. The Hall–Kier alpha value is -1.03. The summed E-state index contributed by atoms with van der Waals surface area (Å²) in [7, 11) is 0. The van der Waals surface area contributed by atoms with E-state index in [1.807, 2.05) is 19.9 Å². The molecule has 1 heterocycles. The van der Waals surface area contributed by atoms with Crippen molar-refractivity contribution < 1.29 is 14.3 Å². The maximum atomic E-state index is 12.0. The average molecular weight is 299 g/mol. The van der Waals surface area contributed by atoms with Crippen LogP contribution in [0.3, 0.4) is 0 Å². The van der Waals surface area contributed by atoms with Crippen molar-refractivity contribution in [2.75, 3.05) is 13.2 Å². The van der Waals surface area contributed by atoms with E-state index in [0.29, 0.717) is 42.6 Å². The van der Waals surface area contributed by atoms with Crippen LogP contribution in [0.15, 0.2) is 16.6 Å². The minimum Gasteiger partial charge on any atom is -0.486 e. The van der Waals surface area contributed by atoms with Crippen molar-refractivity contribution in [1.29, 1.82) is 0 Å². The van der Waals surface area contributed by atoms with Crippen molar-refractivity contribution in [2.45, 2.75) is 20.3 Å². The molecule has 0 saturated heterocycles. The number of fused-ring (bicyclic) bond motifs is 1. The molecule has 0 aliphatic carbocycles. The lowest BCUT2D eigenvalue weighted by molar-refractivity contribution is 0.0966. The predicted octanol–water partition coefficient (Wildman–Crippen LogP) is 3.45. The van der Waals surface area contributed by atoms with Gasteiger partial charge in [-0.15, -0.1) is 0 Å². The van der Waals surface area contributed by atoms with Gasteiger partial charge in [0.25, 0.3) is 0 Å². The highest BCUT2D eigenvalue weighted by Gasteiger charge is 2.19. The minimum atomic E-state index is 0.129. The van der Waals surface area contributed by atoms with Gasteiger partial charge in [-0.05, 0) is 34.0 Å². The number of hydrogen-bond acceptors (Lipinski definition) is 3. The number of hydrogen-bond donors (Lipinski definition) is 0. The summed E-state index contributed by atoms with van der Waals surface area (Å²) in [6, 6.07) is 3.57. The van der Waals surface area contributed by atoms with Crippen molar-refractivity contribution >= 4 is 21.7 Å². The Kier molecular flexibility index (Phi) is 3.72. The third-order valence-electron chi connectivity index (χ3n) is 2.53. The number of carbonyl (C=O) groups excluding carboxylic acids is 1. The molecule has 3 nitrogen and oxygen atoms in total. The van der Waals surface area contributed by atoms with E-state index >= 15 is 0 Å². The van der Waals surface area contributed by atoms with Gasteiger partial charge in [-0.3, -0.25) is 4.79 Å². The smallest absolute Gasteiger partial charge is 0.164 e. The minimum absolute atomic E-state index is 0.129. The van der Waals surface area contributed by atoms with Crippen LogP contribution in [0.4, 0.5) is 0 Å². The monoisotopic (exact) mass is 298 g/mol. The zero-order chi connectivity index (χ0) is 12.4. The van der Waals surface area contributed by atoms with E-state index in [1.165, 1.54) is 0 Å². The summed E-state index contributed by atoms with van der Waals surface area (Å²) in [4.78, 5) is 12.0. The number of halogens is 1. The van der Waals surface area contributed by atoms with Gasteiger partial charge in [0.2, 0.25) is 0 Å². The molecular weight excluding hydrogens is 284 g/mol. The van der Waals surface area contributed by atoms with Crippen molar-refractivity contribution in [1.82, 2.24) is 0 Å². The van der Waals surface area contributed by atoms with Crippen LogP contribution in [-0.4, -0.2) is 19.0 Å². The lowest BCUT2D eigenvalue weighted by Gasteiger charge is -2.19. The van der Waals surface area contributed by atoms with Gasteiger partial charge in [-0.25, -0.2) is 0 Å². The largest absolute Gasteiger partial charge is 0.486 e. The first-order valence-electron chi connectivity index (χ1n) is 5.70. The molecule has 0 unspecified atom stereocenters. The number of carbonyl (C=O) groups is 1. The number of rotatable bonds is 3.